The molecule has 4 nitrogen and oxygen atoms in total. The van der Waals surface area contributed by atoms with Crippen molar-refractivity contribution in [2.75, 3.05) is 13.1 Å². The Labute approximate surface area is 114 Å². The average molecular weight is 287 g/mol. The molecule has 1 amide bonds. The Bertz CT molecular complexity index is 490. The van der Waals surface area contributed by atoms with Crippen LogP contribution >= 0.6 is 0 Å². The van der Waals surface area contributed by atoms with Crippen LogP contribution in [-0.2, 0) is 11.0 Å². The van der Waals surface area contributed by atoms with Crippen molar-refractivity contribution in [3.8, 4) is 0 Å². The van der Waals surface area contributed by atoms with Gasteiger partial charge in [-0.2, -0.15) is 13.2 Å². The molecule has 1 aromatic carbocycles. The third-order valence-corrected chi connectivity index (χ3v) is 3.22. The van der Waals surface area contributed by atoms with Gasteiger partial charge in [-0.15, -0.1) is 0 Å². The number of nitrogens with zero attached hydrogens (tertiary/aromatic N) is 1. The number of amides is 1. The van der Waals surface area contributed by atoms with Gasteiger partial charge < -0.3 is 5.73 Å². The third-order valence-electron chi connectivity index (χ3n) is 3.22. The number of hydrazine groups is 1. The normalized spacial score (nSPS) is 19.7. The molecule has 1 saturated heterocycles. The Hall–Kier alpha value is -1.60. The van der Waals surface area contributed by atoms with Crippen LogP contribution in [0.15, 0.2) is 24.3 Å². The molecule has 1 atom stereocenters. The van der Waals surface area contributed by atoms with E-state index in [4.69, 9.17) is 5.73 Å². The van der Waals surface area contributed by atoms with E-state index in [1.165, 1.54) is 17.1 Å². The molecular weight excluding hydrogens is 271 g/mol. The molecule has 20 heavy (non-hydrogen) atoms. The van der Waals surface area contributed by atoms with E-state index in [0.29, 0.717) is 19.5 Å². The summed E-state index contributed by atoms with van der Waals surface area (Å²) in [5.74, 6) is -0.208. The third kappa shape index (κ3) is 3.10. The lowest BCUT2D eigenvalue weighted by atomic mass is 9.99. The summed E-state index contributed by atoms with van der Waals surface area (Å²) in [6.45, 7) is 0.829. The minimum atomic E-state index is -4.42. The summed E-state index contributed by atoms with van der Waals surface area (Å²) >= 11 is 0. The fourth-order valence-corrected chi connectivity index (χ4v) is 2.27. The number of hydrogen-bond donors (Lipinski definition) is 2. The number of rotatable bonds is 4. The zero-order chi connectivity index (χ0) is 14.8. The Morgan fingerprint density at radius 2 is 2.05 bits per heavy atom. The molecule has 3 N–H and O–H groups in total. The molecule has 1 heterocycles. The van der Waals surface area contributed by atoms with Crippen LogP contribution < -0.4 is 11.2 Å². The molecule has 0 bridgehead atoms. The van der Waals surface area contributed by atoms with Crippen LogP contribution in [0.5, 0.6) is 0 Å². The van der Waals surface area contributed by atoms with Crippen molar-refractivity contribution in [2.45, 2.75) is 25.1 Å². The van der Waals surface area contributed by atoms with Gasteiger partial charge in [0.25, 0.3) is 0 Å². The van der Waals surface area contributed by atoms with E-state index in [-0.39, 0.29) is 17.9 Å². The quantitative estimate of drug-likeness (QED) is 0.888. The summed E-state index contributed by atoms with van der Waals surface area (Å²) in [6, 6.07) is 4.68. The molecule has 110 valence electrons. The summed E-state index contributed by atoms with van der Waals surface area (Å²) in [4.78, 5) is 11.8. The van der Waals surface area contributed by atoms with Gasteiger partial charge in [0.05, 0.1) is 11.6 Å². The molecule has 1 unspecified atom stereocenters. The maximum Gasteiger partial charge on any atom is 0.416 e. The molecule has 0 aromatic heterocycles. The van der Waals surface area contributed by atoms with Crippen molar-refractivity contribution < 1.29 is 18.0 Å². The van der Waals surface area contributed by atoms with Crippen molar-refractivity contribution in [3.63, 3.8) is 0 Å². The first-order chi connectivity index (χ1) is 9.43. The summed E-state index contributed by atoms with van der Waals surface area (Å²) in [5, 5.41) is 1.35. The van der Waals surface area contributed by atoms with Crippen LogP contribution in [0.3, 0.4) is 0 Å². The van der Waals surface area contributed by atoms with E-state index in [9.17, 15) is 18.0 Å². The number of hydrogen-bond acceptors (Lipinski definition) is 3. The van der Waals surface area contributed by atoms with Gasteiger partial charge in [0.15, 0.2) is 0 Å². The van der Waals surface area contributed by atoms with E-state index in [0.717, 1.165) is 6.07 Å². The van der Waals surface area contributed by atoms with Crippen molar-refractivity contribution in [2.24, 2.45) is 5.73 Å². The first-order valence-corrected chi connectivity index (χ1v) is 6.36. The monoisotopic (exact) mass is 287 g/mol. The van der Waals surface area contributed by atoms with Crippen LogP contribution in [0.25, 0.3) is 0 Å². The summed E-state index contributed by atoms with van der Waals surface area (Å²) < 4.78 is 38.9. The van der Waals surface area contributed by atoms with Crippen molar-refractivity contribution in [1.82, 2.24) is 10.4 Å². The number of nitrogens with one attached hydrogen (secondary N) is 1. The second-order valence-electron chi connectivity index (χ2n) is 4.66. The largest absolute Gasteiger partial charge is 0.416 e. The van der Waals surface area contributed by atoms with Crippen molar-refractivity contribution >= 4 is 5.91 Å². The average Bonchev–Trinajstić information content (AvgIpc) is 2.77. The molecule has 1 aliphatic heterocycles. The van der Waals surface area contributed by atoms with Crippen LogP contribution in [-0.4, -0.2) is 24.0 Å². The van der Waals surface area contributed by atoms with Gasteiger partial charge in [0.1, 0.15) is 0 Å². The molecule has 0 radical (unpaired) electrons. The van der Waals surface area contributed by atoms with E-state index in [1.807, 2.05) is 0 Å². The highest BCUT2D eigenvalue weighted by atomic mass is 19.4. The first kappa shape index (κ1) is 14.8. The molecular formula is C13H16F3N3O. The lowest BCUT2D eigenvalue weighted by Crippen LogP contribution is -2.37. The van der Waals surface area contributed by atoms with Gasteiger partial charge >= 0.3 is 6.18 Å². The van der Waals surface area contributed by atoms with Gasteiger partial charge in [-0.25, -0.2) is 5.43 Å². The summed E-state index contributed by atoms with van der Waals surface area (Å²) in [6.07, 6.45) is -3.80. The lowest BCUT2D eigenvalue weighted by molar-refractivity contribution is -0.138. The minimum Gasteiger partial charge on any atom is -0.330 e. The lowest BCUT2D eigenvalue weighted by Gasteiger charge is -2.20. The van der Waals surface area contributed by atoms with Crippen LogP contribution in [0.1, 0.15) is 30.0 Å². The predicted molar refractivity (Wildman–Crippen MR) is 67.3 cm³/mol. The number of carbonyl (C=O) groups is 1. The Morgan fingerprint density at radius 1 is 1.35 bits per heavy atom. The molecule has 7 heteroatoms. The van der Waals surface area contributed by atoms with Gasteiger partial charge in [0, 0.05) is 13.0 Å². The first-order valence-electron chi connectivity index (χ1n) is 6.36. The van der Waals surface area contributed by atoms with E-state index < -0.39 is 17.8 Å². The molecule has 1 aromatic rings. The maximum atomic E-state index is 13.0. The van der Waals surface area contributed by atoms with Crippen LogP contribution in [0.2, 0.25) is 0 Å². The standard InChI is InChI=1S/C13H16F3N3O/c14-13(15,16)10-5-2-1-4-9(10)11-8-12(20)19(18-11)7-3-6-17/h1-2,4-5,11,18H,3,6-8,17H2. The number of benzene rings is 1. The number of carbonyl (C=O) groups excluding carboxylic acids is 1. The SMILES string of the molecule is NCCCN1NC(c2ccccc2C(F)(F)F)CC1=O. The molecule has 2 rings (SSSR count). The van der Waals surface area contributed by atoms with E-state index in [1.54, 1.807) is 6.07 Å². The fourth-order valence-electron chi connectivity index (χ4n) is 2.27. The van der Waals surface area contributed by atoms with Crippen molar-refractivity contribution in [3.05, 3.63) is 35.4 Å². The van der Waals surface area contributed by atoms with Gasteiger partial charge in [0.2, 0.25) is 5.91 Å². The van der Waals surface area contributed by atoms with Crippen LogP contribution in [0.4, 0.5) is 13.2 Å². The predicted octanol–water partition coefficient (Wildman–Crippen LogP) is 1.83. The van der Waals surface area contributed by atoms with E-state index >= 15 is 0 Å². The van der Waals surface area contributed by atoms with Crippen LogP contribution in [0, 0.1) is 0 Å². The highest BCUT2D eigenvalue weighted by Gasteiger charge is 2.38. The number of halogens is 3. The smallest absolute Gasteiger partial charge is 0.330 e. The summed E-state index contributed by atoms with van der Waals surface area (Å²) in [5.41, 5.74) is 7.59. The number of alkyl halides is 3. The Kier molecular flexibility index (Phi) is 4.29. The molecule has 1 aliphatic rings. The highest BCUT2D eigenvalue weighted by molar-refractivity contribution is 5.78. The van der Waals surface area contributed by atoms with Crippen molar-refractivity contribution in [1.29, 1.82) is 0 Å². The van der Waals surface area contributed by atoms with Gasteiger partial charge in [-0.05, 0) is 24.6 Å². The van der Waals surface area contributed by atoms with Gasteiger partial charge in [-0.3, -0.25) is 9.80 Å². The van der Waals surface area contributed by atoms with Gasteiger partial charge in [-0.1, -0.05) is 18.2 Å². The Morgan fingerprint density at radius 3 is 2.70 bits per heavy atom. The molecule has 0 spiro atoms. The summed E-state index contributed by atoms with van der Waals surface area (Å²) in [7, 11) is 0. The van der Waals surface area contributed by atoms with E-state index in [2.05, 4.69) is 5.43 Å². The molecule has 1 fully saturated rings. The topological polar surface area (TPSA) is 58.4 Å². The maximum absolute atomic E-state index is 13.0. The number of nitrogens with two attached hydrogens (primary N) is 1. The zero-order valence-corrected chi connectivity index (χ0v) is 10.8. The molecule has 0 saturated carbocycles. The second-order valence-corrected chi connectivity index (χ2v) is 4.66. The minimum absolute atomic E-state index is 0.0255. The zero-order valence-electron chi connectivity index (χ0n) is 10.8. The molecule has 0 aliphatic carbocycles. The fraction of sp³-hybridized carbons (Fsp3) is 0.462. The Balaban J connectivity index is 2.20. The second kappa shape index (κ2) is 5.80. The highest BCUT2D eigenvalue weighted by Crippen LogP contribution is 2.36.